The number of halogens is 4. The van der Waals surface area contributed by atoms with Crippen LogP contribution in [0, 0.1) is 5.82 Å². The Morgan fingerprint density at radius 1 is 1.08 bits per heavy atom. The fourth-order valence-electron chi connectivity index (χ4n) is 2.20. The van der Waals surface area contributed by atoms with Gasteiger partial charge in [-0.25, -0.2) is 9.18 Å². The minimum atomic E-state index is -4.63. The largest absolute Gasteiger partial charge is 0.454 e. The topological polar surface area (TPSA) is 59.6 Å². The van der Waals surface area contributed by atoms with Crippen molar-refractivity contribution in [2.24, 2.45) is 0 Å². The summed E-state index contributed by atoms with van der Waals surface area (Å²) in [6, 6.07) is 5.98. The molecular weight excluding hydrogens is 344 g/mol. The monoisotopic (exact) mass is 356 g/mol. The van der Waals surface area contributed by atoms with Crippen molar-refractivity contribution < 1.29 is 31.8 Å². The van der Waals surface area contributed by atoms with Crippen molar-refractivity contribution in [3.05, 3.63) is 53.3 Å². The van der Waals surface area contributed by atoms with E-state index in [2.05, 4.69) is 10.6 Å². The summed E-state index contributed by atoms with van der Waals surface area (Å²) in [5.41, 5.74) is -0.929. The van der Waals surface area contributed by atoms with Crippen LogP contribution >= 0.6 is 0 Å². The molecule has 0 atom stereocenters. The molecule has 0 bridgehead atoms. The van der Waals surface area contributed by atoms with Crippen LogP contribution in [0.5, 0.6) is 11.5 Å². The van der Waals surface area contributed by atoms with Gasteiger partial charge in [-0.1, -0.05) is 6.07 Å². The van der Waals surface area contributed by atoms with Crippen LogP contribution < -0.4 is 20.1 Å². The smallest absolute Gasteiger partial charge is 0.416 e. The second kappa shape index (κ2) is 6.50. The molecule has 0 spiro atoms. The number of fused-ring (bicyclic) bond motifs is 1. The number of carbonyl (C=O) groups excluding carboxylic acids is 1. The summed E-state index contributed by atoms with van der Waals surface area (Å²) in [6.45, 7) is 0.185. The molecule has 0 unspecified atom stereocenters. The molecule has 132 valence electrons. The Bertz CT molecular complexity index is 808. The van der Waals surface area contributed by atoms with Crippen LogP contribution in [-0.2, 0) is 12.7 Å². The minimum absolute atomic E-state index is 0.0725. The van der Waals surface area contributed by atoms with E-state index in [9.17, 15) is 22.4 Å². The van der Waals surface area contributed by atoms with Gasteiger partial charge in [0.2, 0.25) is 6.79 Å². The third-order valence-electron chi connectivity index (χ3n) is 3.43. The quantitative estimate of drug-likeness (QED) is 0.821. The van der Waals surface area contributed by atoms with Crippen molar-refractivity contribution in [3.63, 3.8) is 0 Å². The first-order valence-corrected chi connectivity index (χ1v) is 7.13. The SMILES string of the molecule is O=C(NCc1ccc2c(c1)OCO2)Nc1cc(C(F)(F)F)ccc1F. The van der Waals surface area contributed by atoms with E-state index in [1.807, 2.05) is 0 Å². The van der Waals surface area contributed by atoms with E-state index in [0.29, 0.717) is 35.3 Å². The van der Waals surface area contributed by atoms with E-state index in [1.165, 1.54) is 0 Å². The molecule has 2 aromatic carbocycles. The fourth-order valence-corrected chi connectivity index (χ4v) is 2.20. The Hall–Kier alpha value is -2.97. The van der Waals surface area contributed by atoms with Gasteiger partial charge in [0, 0.05) is 6.54 Å². The number of hydrogen-bond acceptors (Lipinski definition) is 3. The molecule has 0 radical (unpaired) electrons. The van der Waals surface area contributed by atoms with Crippen molar-refractivity contribution in [1.29, 1.82) is 0 Å². The maximum Gasteiger partial charge on any atom is 0.416 e. The van der Waals surface area contributed by atoms with Crippen LogP contribution in [0.3, 0.4) is 0 Å². The molecule has 0 aliphatic carbocycles. The number of amides is 2. The lowest BCUT2D eigenvalue weighted by atomic mass is 10.2. The first kappa shape index (κ1) is 16.9. The van der Waals surface area contributed by atoms with Crippen LogP contribution in [-0.4, -0.2) is 12.8 Å². The third-order valence-corrected chi connectivity index (χ3v) is 3.43. The first-order valence-electron chi connectivity index (χ1n) is 7.13. The lowest BCUT2D eigenvalue weighted by Crippen LogP contribution is -2.28. The average molecular weight is 356 g/mol. The van der Waals surface area contributed by atoms with Gasteiger partial charge in [-0.3, -0.25) is 0 Å². The number of ether oxygens (including phenoxy) is 2. The van der Waals surface area contributed by atoms with Crippen LogP contribution in [0.4, 0.5) is 28.0 Å². The molecule has 0 saturated carbocycles. The normalized spacial score (nSPS) is 12.8. The third kappa shape index (κ3) is 3.93. The fraction of sp³-hybridized carbons (Fsp3) is 0.188. The van der Waals surface area contributed by atoms with Gasteiger partial charge in [0.05, 0.1) is 11.3 Å². The zero-order valence-electron chi connectivity index (χ0n) is 12.6. The maximum absolute atomic E-state index is 13.6. The summed E-state index contributed by atoms with van der Waals surface area (Å²) in [6.07, 6.45) is -4.63. The highest BCUT2D eigenvalue weighted by atomic mass is 19.4. The molecule has 0 aromatic heterocycles. The van der Waals surface area contributed by atoms with Gasteiger partial charge in [0.1, 0.15) is 5.82 Å². The van der Waals surface area contributed by atoms with Crippen molar-refractivity contribution in [1.82, 2.24) is 5.32 Å². The van der Waals surface area contributed by atoms with E-state index in [4.69, 9.17) is 9.47 Å². The second-order valence-electron chi connectivity index (χ2n) is 5.19. The molecule has 5 nitrogen and oxygen atoms in total. The molecule has 0 fully saturated rings. The number of rotatable bonds is 3. The Kier molecular flexibility index (Phi) is 4.39. The number of hydrogen-bond donors (Lipinski definition) is 2. The number of alkyl halides is 3. The lowest BCUT2D eigenvalue weighted by Gasteiger charge is -2.12. The molecule has 3 rings (SSSR count). The van der Waals surface area contributed by atoms with Gasteiger partial charge < -0.3 is 20.1 Å². The number of anilines is 1. The highest BCUT2D eigenvalue weighted by Gasteiger charge is 2.31. The maximum atomic E-state index is 13.6. The summed E-state index contributed by atoms with van der Waals surface area (Å²) in [7, 11) is 0. The van der Waals surface area contributed by atoms with Gasteiger partial charge in [0.15, 0.2) is 11.5 Å². The first-order chi connectivity index (χ1) is 11.8. The highest BCUT2D eigenvalue weighted by molar-refractivity contribution is 5.89. The summed E-state index contributed by atoms with van der Waals surface area (Å²) in [5, 5.41) is 4.49. The second-order valence-corrected chi connectivity index (χ2v) is 5.19. The average Bonchev–Trinajstić information content (AvgIpc) is 3.01. The Morgan fingerprint density at radius 2 is 1.84 bits per heavy atom. The molecule has 1 aliphatic rings. The van der Waals surface area contributed by atoms with Gasteiger partial charge in [0.25, 0.3) is 0 Å². The molecule has 1 aliphatic heterocycles. The molecule has 0 saturated heterocycles. The van der Waals surface area contributed by atoms with Crippen LogP contribution in [0.25, 0.3) is 0 Å². The number of carbonyl (C=O) groups is 1. The minimum Gasteiger partial charge on any atom is -0.454 e. The van der Waals surface area contributed by atoms with Crippen molar-refractivity contribution in [2.45, 2.75) is 12.7 Å². The Morgan fingerprint density at radius 3 is 2.60 bits per heavy atom. The van der Waals surface area contributed by atoms with Gasteiger partial charge in [-0.2, -0.15) is 13.2 Å². The molecule has 2 amide bonds. The molecule has 2 aromatic rings. The summed E-state index contributed by atoms with van der Waals surface area (Å²) in [5.74, 6) is 0.147. The molecule has 2 N–H and O–H groups in total. The van der Waals surface area contributed by atoms with Crippen LogP contribution in [0.1, 0.15) is 11.1 Å². The molecule has 1 heterocycles. The Balaban J connectivity index is 1.63. The summed E-state index contributed by atoms with van der Waals surface area (Å²) < 4.78 is 61.9. The summed E-state index contributed by atoms with van der Waals surface area (Å²) in [4.78, 5) is 11.8. The zero-order chi connectivity index (χ0) is 18.0. The highest BCUT2D eigenvalue weighted by Crippen LogP contribution is 2.33. The van der Waals surface area contributed by atoms with Crippen molar-refractivity contribution >= 4 is 11.7 Å². The number of nitrogens with one attached hydrogen (secondary N) is 2. The predicted molar refractivity (Wildman–Crippen MR) is 79.8 cm³/mol. The van der Waals surface area contributed by atoms with Crippen LogP contribution in [0.2, 0.25) is 0 Å². The lowest BCUT2D eigenvalue weighted by molar-refractivity contribution is -0.137. The predicted octanol–water partition coefficient (Wildman–Crippen LogP) is 3.89. The molecule has 9 heteroatoms. The summed E-state index contributed by atoms with van der Waals surface area (Å²) >= 11 is 0. The van der Waals surface area contributed by atoms with Crippen molar-refractivity contribution in [2.75, 3.05) is 12.1 Å². The van der Waals surface area contributed by atoms with Gasteiger partial charge in [-0.05, 0) is 35.9 Å². The van der Waals surface area contributed by atoms with E-state index in [0.717, 1.165) is 0 Å². The standard InChI is InChI=1S/C16H12F4N2O3/c17-11-3-2-10(16(18,19)20)6-12(11)22-15(23)21-7-9-1-4-13-14(5-9)25-8-24-13/h1-6H,7-8H2,(H2,21,22,23). The van der Waals surface area contributed by atoms with E-state index >= 15 is 0 Å². The van der Waals surface area contributed by atoms with E-state index < -0.39 is 29.3 Å². The molecular formula is C16H12F4N2O3. The van der Waals surface area contributed by atoms with E-state index in [-0.39, 0.29) is 13.3 Å². The van der Waals surface area contributed by atoms with E-state index in [1.54, 1.807) is 18.2 Å². The van der Waals surface area contributed by atoms with Crippen LogP contribution in [0.15, 0.2) is 36.4 Å². The number of urea groups is 1. The number of benzene rings is 2. The zero-order valence-corrected chi connectivity index (χ0v) is 12.6. The molecule has 25 heavy (non-hydrogen) atoms. The van der Waals surface area contributed by atoms with Crippen molar-refractivity contribution in [3.8, 4) is 11.5 Å². The van der Waals surface area contributed by atoms with Gasteiger partial charge in [-0.15, -0.1) is 0 Å². The Labute approximate surface area is 139 Å². The van der Waals surface area contributed by atoms with Gasteiger partial charge >= 0.3 is 12.2 Å².